The lowest BCUT2D eigenvalue weighted by Gasteiger charge is -2.32. The summed E-state index contributed by atoms with van der Waals surface area (Å²) in [5, 5.41) is 0. The van der Waals surface area contributed by atoms with Crippen molar-refractivity contribution in [2.45, 2.75) is 51.2 Å². The SMILES string of the molecule is COCc1ccc(C(=O)N2CCC(c3nccn3CC3CCC3)CC2)o1. The second kappa shape index (κ2) is 7.66. The molecule has 1 saturated carbocycles. The molecule has 6 nitrogen and oxygen atoms in total. The first kappa shape index (κ1) is 17.3. The van der Waals surface area contributed by atoms with Crippen LogP contribution < -0.4 is 0 Å². The van der Waals surface area contributed by atoms with E-state index in [2.05, 4.69) is 15.7 Å². The zero-order valence-corrected chi connectivity index (χ0v) is 15.4. The summed E-state index contributed by atoms with van der Waals surface area (Å²) < 4.78 is 13.0. The number of amides is 1. The van der Waals surface area contributed by atoms with E-state index in [4.69, 9.17) is 9.15 Å². The Kier molecular flexibility index (Phi) is 5.11. The van der Waals surface area contributed by atoms with Crippen LogP contribution in [-0.2, 0) is 17.9 Å². The van der Waals surface area contributed by atoms with Gasteiger partial charge in [-0.05, 0) is 43.7 Å². The Labute approximate surface area is 154 Å². The van der Waals surface area contributed by atoms with E-state index in [1.807, 2.05) is 11.1 Å². The van der Waals surface area contributed by atoms with E-state index >= 15 is 0 Å². The molecule has 0 aromatic carbocycles. The van der Waals surface area contributed by atoms with Gasteiger partial charge >= 0.3 is 0 Å². The Hall–Kier alpha value is -2.08. The maximum Gasteiger partial charge on any atom is 0.289 e. The number of hydrogen-bond acceptors (Lipinski definition) is 4. The Balaban J connectivity index is 1.35. The van der Waals surface area contributed by atoms with Gasteiger partial charge in [0.2, 0.25) is 0 Å². The minimum absolute atomic E-state index is 0.0244. The molecular formula is C20H27N3O3. The summed E-state index contributed by atoms with van der Waals surface area (Å²) in [7, 11) is 1.61. The number of ether oxygens (including phenoxy) is 1. The van der Waals surface area contributed by atoms with Crippen molar-refractivity contribution in [1.29, 1.82) is 0 Å². The fraction of sp³-hybridized carbons (Fsp3) is 0.600. The summed E-state index contributed by atoms with van der Waals surface area (Å²) in [4.78, 5) is 19.2. The molecular weight excluding hydrogens is 330 g/mol. The van der Waals surface area contributed by atoms with E-state index in [1.54, 1.807) is 19.2 Å². The molecule has 0 N–H and O–H groups in total. The molecule has 2 aliphatic rings. The van der Waals surface area contributed by atoms with Gasteiger partial charge in [-0.15, -0.1) is 0 Å². The molecule has 140 valence electrons. The van der Waals surface area contributed by atoms with E-state index < -0.39 is 0 Å². The number of likely N-dealkylation sites (tertiary alicyclic amines) is 1. The summed E-state index contributed by atoms with van der Waals surface area (Å²) >= 11 is 0. The Bertz CT molecular complexity index is 739. The van der Waals surface area contributed by atoms with Crippen LogP contribution in [-0.4, -0.2) is 40.6 Å². The standard InChI is InChI=1S/C20H27N3O3/c1-25-14-17-5-6-18(26-17)20(24)22-10-7-16(8-11-22)19-21-9-12-23(19)13-15-3-2-4-15/h5-6,9,12,15-16H,2-4,7-8,10-11,13-14H2,1H3. The van der Waals surface area contributed by atoms with E-state index in [1.165, 1.54) is 25.1 Å². The summed E-state index contributed by atoms with van der Waals surface area (Å²) in [5.41, 5.74) is 0. The fourth-order valence-electron chi connectivity index (χ4n) is 4.00. The summed E-state index contributed by atoms with van der Waals surface area (Å²) in [6.45, 7) is 2.99. The molecule has 1 aliphatic carbocycles. The van der Waals surface area contributed by atoms with Gasteiger partial charge in [-0.1, -0.05) is 6.42 Å². The number of methoxy groups -OCH3 is 1. The zero-order valence-electron chi connectivity index (χ0n) is 15.4. The fourth-order valence-corrected chi connectivity index (χ4v) is 4.00. The maximum absolute atomic E-state index is 12.6. The van der Waals surface area contributed by atoms with Crippen molar-refractivity contribution in [2.75, 3.05) is 20.2 Å². The van der Waals surface area contributed by atoms with Crippen LogP contribution in [0.4, 0.5) is 0 Å². The van der Waals surface area contributed by atoms with Gasteiger partial charge in [-0.2, -0.15) is 0 Å². The van der Waals surface area contributed by atoms with E-state index in [0.717, 1.165) is 38.4 Å². The second-order valence-electron chi connectivity index (χ2n) is 7.50. The smallest absolute Gasteiger partial charge is 0.289 e. The van der Waals surface area contributed by atoms with Gasteiger partial charge in [-0.25, -0.2) is 4.98 Å². The minimum Gasteiger partial charge on any atom is -0.453 e. The molecule has 0 bridgehead atoms. The normalized spacial score (nSPS) is 18.9. The first-order chi connectivity index (χ1) is 12.7. The van der Waals surface area contributed by atoms with Crippen LogP contribution >= 0.6 is 0 Å². The van der Waals surface area contributed by atoms with Crippen molar-refractivity contribution in [1.82, 2.24) is 14.5 Å². The number of piperidine rings is 1. The zero-order chi connectivity index (χ0) is 17.9. The third-order valence-electron chi connectivity index (χ3n) is 5.73. The van der Waals surface area contributed by atoms with Gasteiger partial charge < -0.3 is 18.6 Å². The van der Waals surface area contributed by atoms with Gasteiger partial charge in [0.05, 0.1) is 0 Å². The highest BCUT2D eigenvalue weighted by Gasteiger charge is 2.29. The molecule has 3 heterocycles. The number of furan rings is 1. The highest BCUT2D eigenvalue weighted by atomic mass is 16.5. The summed E-state index contributed by atoms with van der Waals surface area (Å²) in [6.07, 6.45) is 10.0. The molecule has 0 unspecified atom stereocenters. The van der Waals surface area contributed by atoms with Crippen molar-refractivity contribution in [3.8, 4) is 0 Å². The number of imidazole rings is 1. The van der Waals surface area contributed by atoms with Crippen LogP contribution in [0.5, 0.6) is 0 Å². The third-order valence-corrected chi connectivity index (χ3v) is 5.73. The number of carbonyl (C=O) groups is 1. The lowest BCUT2D eigenvalue weighted by Crippen LogP contribution is -2.38. The van der Waals surface area contributed by atoms with E-state index in [9.17, 15) is 4.79 Å². The topological polar surface area (TPSA) is 60.5 Å². The van der Waals surface area contributed by atoms with Crippen LogP contribution in [0.15, 0.2) is 28.9 Å². The monoisotopic (exact) mass is 357 g/mol. The molecule has 1 amide bonds. The lowest BCUT2D eigenvalue weighted by atomic mass is 9.85. The Morgan fingerprint density at radius 3 is 2.77 bits per heavy atom. The number of aromatic nitrogens is 2. The molecule has 2 aromatic heterocycles. The van der Waals surface area contributed by atoms with Crippen molar-refractivity contribution < 1.29 is 13.9 Å². The molecule has 0 atom stereocenters. The molecule has 1 aliphatic heterocycles. The van der Waals surface area contributed by atoms with Gasteiger partial charge in [0.15, 0.2) is 5.76 Å². The van der Waals surface area contributed by atoms with Crippen molar-refractivity contribution in [2.24, 2.45) is 5.92 Å². The minimum atomic E-state index is -0.0244. The van der Waals surface area contributed by atoms with Gasteiger partial charge in [0.1, 0.15) is 18.2 Å². The molecule has 4 rings (SSSR count). The predicted octanol–water partition coefficient (Wildman–Crippen LogP) is 3.44. The average Bonchev–Trinajstić information content (AvgIpc) is 3.27. The van der Waals surface area contributed by atoms with Crippen molar-refractivity contribution in [3.05, 3.63) is 41.9 Å². The molecule has 1 saturated heterocycles. The Morgan fingerprint density at radius 2 is 2.08 bits per heavy atom. The quantitative estimate of drug-likeness (QED) is 0.794. The number of carbonyl (C=O) groups excluding carboxylic acids is 1. The molecule has 6 heteroatoms. The van der Waals surface area contributed by atoms with Crippen LogP contribution in [0.1, 0.15) is 60.2 Å². The highest BCUT2D eigenvalue weighted by molar-refractivity contribution is 5.91. The summed E-state index contributed by atoms with van der Waals surface area (Å²) in [5.74, 6) is 3.53. The summed E-state index contributed by atoms with van der Waals surface area (Å²) in [6, 6.07) is 3.55. The first-order valence-electron chi connectivity index (χ1n) is 9.62. The Morgan fingerprint density at radius 1 is 1.27 bits per heavy atom. The van der Waals surface area contributed by atoms with Crippen LogP contribution in [0.25, 0.3) is 0 Å². The van der Waals surface area contributed by atoms with Gasteiger partial charge in [0.25, 0.3) is 5.91 Å². The highest BCUT2D eigenvalue weighted by Crippen LogP contribution is 2.32. The van der Waals surface area contributed by atoms with Crippen molar-refractivity contribution >= 4 is 5.91 Å². The van der Waals surface area contributed by atoms with Crippen LogP contribution in [0.3, 0.4) is 0 Å². The molecule has 2 fully saturated rings. The average molecular weight is 357 g/mol. The maximum atomic E-state index is 12.6. The third kappa shape index (κ3) is 3.56. The van der Waals surface area contributed by atoms with Crippen LogP contribution in [0, 0.1) is 5.92 Å². The number of nitrogens with zero attached hydrogens (tertiary/aromatic N) is 3. The van der Waals surface area contributed by atoms with Crippen molar-refractivity contribution in [3.63, 3.8) is 0 Å². The predicted molar refractivity (Wildman–Crippen MR) is 96.9 cm³/mol. The number of rotatable bonds is 6. The van der Waals surface area contributed by atoms with E-state index in [-0.39, 0.29) is 5.91 Å². The second-order valence-corrected chi connectivity index (χ2v) is 7.50. The van der Waals surface area contributed by atoms with Gasteiger partial charge in [-0.3, -0.25) is 4.79 Å². The molecule has 0 radical (unpaired) electrons. The first-order valence-corrected chi connectivity index (χ1v) is 9.62. The van der Waals surface area contributed by atoms with Crippen LogP contribution in [0.2, 0.25) is 0 Å². The molecule has 0 spiro atoms. The van der Waals surface area contributed by atoms with Gasteiger partial charge in [0, 0.05) is 45.1 Å². The molecule has 26 heavy (non-hydrogen) atoms. The number of hydrogen-bond donors (Lipinski definition) is 0. The van der Waals surface area contributed by atoms with E-state index in [0.29, 0.717) is 24.0 Å². The largest absolute Gasteiger partial charge is 0.453 e. The lowest BCUT2D eigenvalue weighted by molar-refractivity contribution is 0.0670. The molecule has 2 aromatic rings.